The Morgan fingerprint density at radius 2 is 1.25 bits per heavy atom. The van der Waals surface area contributed by atoms with Crippen molar-refractivity contribution in [1.82, 2.24) is 0 Å². The molecule has 0 aliphatic heterocycles. The van der Waals surface area contributed by atoms with E-state index in [1.807, 2.05) is 60.7 Å². The molecule has 2 aromatic carbocycles. The number of hydrogen-bond acceptors (Lipinski definition) is 1. The van der Waals surface area contributed by atoms with Gasteiger partial charge in [0.1, 0.15) is 0 Å². The van der Waals surface area contributed by atoms with Gasteiger partial charge in [0.2, 0.25) is 0 Å². The predicted molar refractivity (Wildman–Crippen MR) is 66.4 cm³/mol. The molecule has 0 aromatic heterocycles. The Balaban J connectivity index is 2.48. The number of rotatable bonds is 3. The Kier molecular flexibility index (Phi) is 2.97. The van der Waals surface area contributed by atoms with Crippen LogP contribution in [0.4, 0.5) is 0 Å². The highest BCUT2D eigenvalue weighted by Crippen LogP contribution is 2.27. The lowest BCUT2D eigenvalue weighted by Gasteiger charge is -2.20. The molecule has 16 heavy (non-hydrogen) atoms. The van der Waals surface area contributed by atoms with Crippen molar-refractivity contribution in [2.24, 2.45) is 0 Å². The van der Waals surface area contributed by atoms with Crippen LogP contribution in [0.2, 0.25) is 0 Å². The third-order valence-electron chi connectivity index (χ3n) is 2.68. The van der Waals surface area contributed by atoms with E-state index in [1.54, 1.807) is 0 Å². The topological polar surface area (TPSA) is 20.2 Å². The van der Waals surface area contributed by atoms with Crippen molar-refractivity contribution >= 4 is 0 Å². The van der Waals surface area contributed by atoms with Gasteiger partial charge in [0.25, 0.3) is 0 Å². The maximum absolute atomic E-state index is 10.1. The number of benzene rings is 2. The minimum atomic E-state index is -1.53. The van der Waals surface area contributed by atoms with E-state index in [1.165, 1.54) is 6.92 Å². The summed E-state index contributed by atoms with van der Waals surface area (Å²) in [7, 11) is 0. The molecule has 0 heterocycles. The highest BCUT2D eigenvalue weighted by molar-refractivity contribution is 5.33. The summed E-state index contributed by atoms with van der Waals surface area (Å²) in [4.78, 5) is 0. The van der Waals surface area contributed by atoms with Crippen LogP contribution in [0.3, 0.4) is 0 Å². The Hall–Kier alpha value is -1.60. The van der Waals surface area contributed by atoms with Crippen LogP contribution in [0, 0.1) is 0 Å². The predicted octanol–water partition coefficient (Wildman–Crippen LogP) is 3.20. The summed E-state index contributed by atoms with van der Waals surface area (Å²) < 4.78 is 7.92. The van der Waals surface area contributed by atoms with Gasteiger partial charge in [0.05, 0.1) is 7.45 Å². The van der Waals surface area contributed by atoms with Crippen LogP contribution in [0.1, 0.15) is 25.3 Å². The second-order valence-electron chi connectivity index (χ2n) is 3.90. The van der Waals surface area contributed by atoms with Crippen LogP contribution in [0.5, 0.6) is 0 Å². The molecule has 0 bridgehead atoms. The van der Waals surface area contributed by atoms with E-state index in [9.17, 15) is 5.11 Å². The first-order chi connectivity index (χ1) is 8.09. The molecule has 0 saturated carbocycles. The molecule has 1 N–H and O–H groups in total. The molecule has 2 rings (SSSR count). The molecule has 0 spiro atoms. The fourth-order valence-electron chi connectivity index (χ4n) is 1.97. The zero-order valence-electron chi connectivity index (χ0n) is 10.3. The SMILES string of the molecule is [2H][C@](C)(O)C(c1ccccc1)c1ccccc1. The second kappa shape index (κ2) is 4.95. The van der Waals surface area contributed by atoms with Crippen LogP contribution in [-0.4, -0.2) is 11.2 Å². The summed E-state index contributed by atoms with van der Waals surface area (Å²) in [6.45, 7) is 1.53. The van der Waals surface area contributed by atoms with Gasteiger partial charge in [-0.2, -0.15) is 0 Å². The van der Waals surface area contributed by atoms with E-state index in [0.29, 0.717) is 0 Å². The molecule has 0 amide bonds. The Bertz CT molecular complexity index is 420. The summed E-state index contributed by atoms with van der Waals surface area (Å²) in [6.07, 6.45) is -1.53. The van der Waals surface area contributed by atoms with Gasteiger partial charge in [0, 0.05) is 5.92 Å². The molecule has 2 aromatic rings. The maximum atomic E-state index is 10.1. The first-order valence-corrected chi connectivity index (χ1v) is 5.41. The van der Waals surface area contributed by atoms with Crippen LogP contribution >= 0.6 is 0 Å². The lowest BCUT2D eigenvalue weighted by atomic mass is 9.87. The maximum Gasteiger partial charge on any atom is 0.0621 e. The van der Waals surface area contributed by atoms with Crippen molar-refractivity contribution in [3.05, 3.63) is 71.8 Å². The summed E-state index contributed by atoms with van der Waals surface area (Å²) in [6, 6.07) is 19.4. The lowest BCUT2D eigenvalue weighted by molar-refractivity contribution is 0.176. The van der Waals surface area contributed by atoms with Gasteiger partial charge in [-0.1, -0.05) is 60.7 Å². The van der Waals surface area contributed by atoms with Crippen molar-refractivity contribution in [3.8, 4) is 0 Å². The van der Waals surface area contributed by atoms with Crippen molar-refractivity contribution < 1.29 is 6.48 Å². The Morgan fingerprint density at radius 1 is 0.875 bits per heavy atom. The van der Waals surface area contributed by atoms with Gasteiger partial charge in [-0.25, -0.2) is 0 Å². The normalized spacial score (nSPS) is 15.6. The number of aliphatic hydroxyl groups is 1. The van der Waals surface area contributed by atoms with E-state index < -0.39 is 6.08 Å². The number of hydrogen-bond donors (Lipinski definition) is 1. The standard InChI is InChI=1S/C15H16O/c1-12(16)15(13-8-4-2-5-9-13)14-10-6-3-7-11-14/h2-12,15-16H,1H3/t12-/m1/s1/i12D. The summed E-state index contributed by atoms with van der Waals surface area (Å²) in [5, 5.41) is 10.1. The summed E-state index contributed by atoms with van der Waals surface area (Å²) in [5.74, 6) is -0.329. The molecule has 0 radical (unpaired) electrons. The zero-order valence-corrected chi connectivity index (χ0v) is 9.30. The highest BCUT2D eigenvalue weighted by atomic mass is 16.3. The van der Waals surface area contributed by atoms with Crippen molar-refractivity contribution in [2.45, 2.75) is 18.9 Å². The molecule has 0 aliphatic carbocycles. The smallest absolute Gasteiger partial charge is 0.0621 e. The average molecular weight is 213 g/mol. The molecule has 0 aliphatic rings. The highest BCUT2D eigenvalue weighted by Gasteiger charge is 2.18. The minimum absolute atomic E-state index is 0.329. The fraction of sp³-hybridized carbons (Fsp3) is 0.200. The van der Waals surface area contributed by atoms with Gasteiger partial charge in [-0.05, 0) is 18.1 Å². The largest absolute Gasteiger partial charge is 0.392 e. The lowest BCUT2D eigenvalue weighted by Crippen LogP contribution is -2.15. The molecule has 0 unspecified atom stereocenters. The van der Waals surface area contributed by atoms with E-state index >= 15 is 0 Å². The molecule has 82 valence electrons. The Morgan fingerprint density at radius 3 is 1.56 bits per heavy atom. The van der Waals surface area contributed by atoms with Gasteiger partial charge in [-0.3, -0.25) is 0 Å². The van der Waals surface area contributed by atoms with Crippen LogP contribution in [0.15, 0.2) is 60.7 Å². The van der Waals surface area contributed by atoms with Crippen molar-refractivity contribution in [3.63, 3.8) is 0 Å². The zero-order chi connectivity index (χ0) is 12.3. The van der Waals surface area contributed by atoms with Crippen LogP contribution in [0.25, 0.3) is 0 Å². The van der Waals surface area contributed by atoms with Crippen LogP contribution < -0.4 is 0 Å². The van der Waals surface area contributed by atoms with Gasteiger partial charge >= 0.3 is 0 Å². The third-order valence-corrected chi connectivity index (χ3v) is 2.68. The van der Waals surface area contributed by atoms with Gasteiger partial charge in [-0.15, -0.1) is 0 Å². The first kappa shape index (κ1) is 9.61. The molecule has 1 atom stereocenters. The third kappa shape index (κ3) is 2.31. The summed E-state index contributed by atoms with van der Waals surface area (Å²) in [5.41, 5.74) is 1.91. The Labute approximate surface area is 97.8 Å². The molecule has 0 fully saturated rings. The van der Waals surface area contributed by atoms with Crippen LogP contribution in [-0.2, 0) is 0 Å². The second-order valence-corrected chi connectivity index (χ2v) is 3.90. The van der Waals surface area contributed by atoms with Crippen molar-refractivity contribution in [1.29, 1.82) is 0 Å². The van der Waals surface area contributed by atoms with E-state index in [4.69, 9.17) is 1.37 Å². The van der Waals surface area contributed by atoms with E-state index in [-0.39, 0.29) is 5.92 Å². The monoisotopic (exact) mass is 213 g/mol. The summed E-state index contributed by atoms with van der Waals surface area (Å²) >= 11 is 0. The average Bonchev–Trinajstić information content (AvgIpc) is 2.30. The molecule has 1 nitrogen and oxygen atoms in total. The fourth-order valence-corrected chi connectivity index (χ4v) is 1.97. The molecular weight excluding hydrogens is 196 g/mol. The van der Waals surface area contributed by atoms with E-state index in [2.05, 4.69) is 0 Å². The first-order valence-electron chi connectivity index (χ1n) is 5.91. The molecule has 0 saturated heterocycles. The van der Waals surface area contributed by atoms with E-state index in [0.717, 1.165) is 11.1 Å². The minimum Gasteiger partial charge on any atom is -0.392 e. The van der Waals surface area contributed by atoms with Gasteiger partial charge < -0.3 is 5.11 Å². The molecule has 1 heteroatoms. The molecular formula is C15H16O. The quantitative estimate of drug-likeness (QED) is 0.830. The van der Waals surface area contributed by atoms with Crippen molar-refractivity contribution in [2.75, 3.05) is 0 Å². The van der Waals surface area contributed by atoms with Gasteiger partial charge in [0.15, 0.2) is 0 Å².